The number of hydrogen-bond donors (Lipinski definition) is 1. The van der Waals surface area contributed by atoms with E-state index in [9.17, 15) is 0 Å². The van der Waals surface area contributed by atoms with Gasteiger partial charge in [-0.1, -0.05) is 52.2 Å². The molecule has 2 nitrogen and oxygen atoms in total. The van der Waals surface area contributed by atoms with Crippen LogP contribution >= 0.6 is 0 Å². The van der Waals surface area contributed by atoms with E-state index in [0.717, 1.165) is 26.2 Å². The first-order chi connectivity index (χ1) is 9.80. The molecular weight excluding hydrogens is 244 g/mol. The highest BCUT2D eigenvalue weighted by atomic mass is 15.1. The Morgan fingerprint density at radius 1 is 0.900 bits per heavy atom. The first-order valence-electron chi connectivity index (χ1n) is 8.35. The summed E-state index contributed by atoms with van der Waals surface area (Å²) in [4.78, 5) is 2.44. The maximum absolute atomic E-state index is 3.51. The van der Waals surface area contributed by atoms with E-state index in [1.165, 1.54) is 43.4 Å². The molecule has 0 unspecified atom stereocenters. The molecule has 2 heteroatoms. The second kappa shape index (κ2) is 10.7. The van der Waals surface area contributed by atoms with Gasteiger partial charge in [-0.15, -0.1) is 0 Å². The van der Waals surface area contributed by atoms with Crippen molar-refractivity contribution in [2.24, 2.45) is 0 Å². The standard InChI is InChI=1S/C18H32N2/c1-4-7-8-9-10-17-11-13-18(14-12-17)19-15-16-20(5-2)6-3/h11-14,19H,4-10,15-16H2,1-3H3. The molecule has 0 spiro atoms. The Morgan fingerprint density at radius 2 is 1.60 bits per heavy atom. The summed E-state index contributed by atoms with van der Waals surface area (Å²) in [7, 11) is 0. The number of benzene rings is 1. The quantitative estimate of drug-likeness (QED) is 0.596. The maximum Gasteiger partial charge on any atom is 0.0340 e. The second-order valence-electron chi connectivity index (χ2n) is 5.46. The molecule has 0 aliphatic carbocycles. The maximum atomic E-state index is 3.51. The third-order valence-electron chi connectivity index (χ3n) is 3.92. The van der Waals surface area contributed by atoms with Gasteiger partial charge in [0.2, 0.25) is 0 Å². The van der Waals surface area contributed by atoms with Crippen molar-refractivity contribution in [3.63, 3.8) is 0 Å². The summed E-state index contributed by atoms with van der Waals surface area (Å²) in [6.07, 6.45) is 6.59. The Bertz CT molecular complexity index is 328. The van der Waals surface area contributed by atoms with E-state index < -0.39 is 0 Å². The number of anilines is 1. The van der Waals surface area contributed by atoms with Crippen LogP contribution in [0.25, 0.3) is 0 Å². The van der Waals surface area contributed by atoms with Crippen LogP contribution in [0.4, 0.5) is 5.69 Å². The molecule has 0 aromatic heterocycles. The zero-order chi connectivity index (χ0) is 14.6. The van der Waals surface area contributed by atoms with Crippen molar-refractivity contribution in [1.82, 2.24) is 4.90 Å². The van der Waals surface area contributed by atoms with Gasteiger partial charge in [0, 0.05) is 18.8 Å². The number of nitrogens with one attached hydrogen (secondary N) is 1. The molecule has 0 aliphatic rings. The van der Waals surface area contributed by atoms with Crippen LogP contribution in [0.15, 0.2) is 24.3 Å². The van der Waals surface area contributed by atoms with Crippen LogP contribution in [0.5, 0.6) is 0 Å². The molecular formula is C18H32N2. The van der Waals surface area contributed by atoms with Gasteiger partial charge in [-0.05, 0) is 43.6 Å². The summed E-state index contributed by atoms with van der Waals surface area (Å²) in [6, 6.07) is 8.98. The van der Waals surface area contributed by atoms with Gasteiger partial charge in [0.25, 0.3) is 0 Å². The minimum absolute atomic E-state index is 1.03. The molecule has 0 fully saturated rings. The average Bonchev–Trinajstić information content (AvgIpc) is 2.49. The summed E-state index contributed by atoms with van der Waals surface area (Å²) in [5, 5.41) is 3.51. The third-order valence-corrected chi connectivity index (χ3v) is 3.92. The normalized spacial score (nSPS) is 11.0. The van der Waals surface area contributed by atoms with Crippen molar-refractivity contribution >= 4 is 5.69 Å². The van der Waals surface area contributed by atoms with E-state index in [1.54, 1.807) is 0 Å². The molecule has 0 saturated carbocycles. The van der Waals surface area contributed by atoms with Crippen molar-refractivity contribution in [2.45, 2.75) is 52.9 Å². The summed E-state index contributed by atoms with van der Waals surface area (Å²) < 4.78 is 0. The van der Waals surface area contributed by atoms with E-state index in [2.05, 4.69) is 55.3 Å². The van der Waals surface area contributed by atoms with Crippen LogP contribution in [0, 0.1) is 0 Å². The summed E-state index contributed by atoms with van der Waals surface area (Å²) >= 11 is 0. The minimum atomic E-state index is 1.03. The Morgan fingerprint density at radius 3 is 2.20 bits per heavy atom. The third kappa shape index (κ3) is 6.95. The molecule has 1 aromatic rings. The highest BCUT2D eigenvalue weighted by Crippen LogP contribution is 2.12. The van der Waals surface area contributed by atoms with Crippen molar-refractivity contribution in [1.29, 1.82) is 0 Å². The van der Waals surface area contributed by atoms with Crippen LogP contribution in [-0.4, -0.2) is 31.1 Å². The lowest BCUT2D eigenvalue weighted by Gasteiger charge is -2.18. The van der Waals surface area contributed by atoms with Gasteiger partial charge in [-0.3, -0.25) is 0 Å². The van der Waals surface area contributed by atoms with Gasteiger partial charge < -0.3 is 10.2 Å². The molecule has 0 heterocycles. The van der Waals surface area contributed by atoms with Crippen molar-refractivity contribution in [2.75, 3.05) is 31.5 Å². The predicted molar refractivity (Wildman–Crippen MR) is 90.6 cm³/mol. The number of likely N-dealkylation sites (N-methyl/N-ethyl adjacent to an activating group) is 1. The topological polar surface area (TPSA) is 15.3 Å². The lowest BCUT2D eigenvalue weighted by Crippen LogP contribution is -2.28. The first kappa shape index (κ1) is 17.0. The summed E-state index contributed by atoms with van der Waals surface area (Å²) in [5.41, 5.74) is 2.71. The van der Waals surface area contributed by atoms with Crippen LogP contribution in [0.2, 0.25) is 0 Å². The molecule has 0 aliphatic heterocycles. The number of aryl methyl sites for hydroxylation is 1. The van der Waals surface area contributed by atoms with Crippen LogP contribution in [-0.2, 0) is 6.42 Å². The van der Waals surface area contributed by atoms with Gasteiger partial charge in [-0.2, -0.15) is 0 Å². The Balaban J connectivity index is 2.24. The van der Waals surface area contributed by atoms with Crippen molar-refractivity contribution in [3.05, 3.63) is 29.8 Å². The highest BCUT2D eigenvalue weighted by Gasteiger charge is 1.99. The molecule has 114 valence electrons. The van der Waals surface area contributed by atoms with Gasteiger partial charge in [0.1, 0.15) is 0 Å². The number of nitrogens with zero attached hydrogens (tertiary/aromatic N) is 1. The fourth-order valence-electron chi connectivity index (χ4n) is 2.44. The Hall–Kier alpha value is -1.02. The van der Waals surface area contributed by atoms with Gasteiger partial charge in [0.15, 0.2) is 0 Å². The molecule has 0 bridgehead atoms. The van der Waals surface area contributed by atoms with Crippen LogP contribution < -0.4 is 5.32 Å². The van der Waals surface area contributed by atoms with Crippen LogP contribution in [0.1, 0.15) is 52.0 Å². The van der Waals surface area contributed by atoms with E-state index in [1.807, 2.05) is 0 Å². The van der Waals surface area contributed by atoms with E-state index in [4.69, 9.17) is 0 Å². The fourth-order valence-corrected chi connectivity index (χ4v) is 2.44. The molecule has 1 aromatic carbocycles. The molecule has 1 N–H and O–H groups in total. The number of hydrogen-bond acceptors (Lipinski definition) is 2. The molecule has 0 amide bonds. The number of unbranched alkanes of at least 4 members (excludes halogenated alkanes) is 3. The van der Waals surface area contributed by atoms with E-state index >= 15 is 0 Å². The Labute approximate surface area is 125 Å². The van der Waals surface area contributed by atoms with Gasteiger partial charge in [-0.25, -0.2) is 0 Å². The summed E-state index contributed by atoms with van der Waals surface area (Å²) in [6.45, 7) is 11.1. The van der Waals surface area contributed by atoms with Crippen molar-refractivity contribution < 1.29 is 0 Å². The van der Waals surface area contributed by atoms with Gasteiger partial charge >= 0.3 is 0 Å². The average molecular weight is 276 g/mol. The monoisotopic (exact) mass is 276 g/mol. The molecule has 0 atom stereocenters. The van der Waals surface area contributed by atoms with Crippen LogP contribution in [0.3, 0.4) is 0 Å². The molecule has 0 radical (unpaired) electrons. The summed E-state index contributed by atoms with van der Waals surface area (Å²) in [5.74, 6) is 0. The second-order valence-corrected chi connectivity index (χ2v) is 5.46. The Kier molecular flexibility index (Phi) is 9.14. The van der Waals surface area contributed by atoms with E-state index in [-0.39, 0.29) is 0 Å². The van der Waals surface area contributed by atoms with Gasteiger partial charge in [0.05, 0.1) is 0 Å². The predicted octanol–water partition coefficient (Wildman–Crippen LogP) is 4.56. The van der Waals surface area contributed by atoms with Crippen molar-refractivity contribution in [3.8, 4) is 0 Å². The first-order valence-corrected chi connectivity index (χ1v) is 8.35. The zero-order valence-electron chi connectivity index (χ0n) is 13.6. The lowest BCUT2D eigenvalue weighted by atomic mass is 10.1. The molecule has 0 saturated heterocycles. The lowest BCUT2D eigenvalue weighted by molar-refractivity contribution is 0.316. The largest absolute Gasteiger partial charge is 0.384 e. The highest BCUT2D eigenvalue weighted by molar-refractivity contribution is 5.44. The fraction of sp³-hybridized carbons (Fsp3) is 0.667. The number of rotatable bonds is 11. The zero-order valence-corrected chi connectivity index (χ0v) is 13.6. The minimum Gasteiger partial charge on any atom is -0.384 e. The molecule has 1 rings (SSSR count). The molecule has 20 heavy (non-hydrogen) atoms. The SMILES string of the molecule is CCCCCCc1ccc(NCCN(CC)CC)cc1. The van der Waals surface area contributed by atoms with E-state index in [0.29, 0.717) is 0 Å². The smallest absolute Gasteiger partial charge is 0.0340 e.